The van der Waals surface area contributed by atoms with Crippen molar-refractivity contribution >= 4 is 0 Å². The van der Waals surface area contributed by atoms with Gasteiger partial charge >= 0.3 is 0 Å². The number of rotatable bonds is 1. The van der Waals surface area contributed by atoms with E-state index in [1.165, 1.54) is 0 Å². The first-order chi connectivity index (χ1) is 6.96. The molecule has 0 aromatic carbocycles. The lowest BCUT2D eigenvalue weighted by Gasteiger charge is -2.17. The summed E-state index contributed by atoms with van der Waals surface area (Å²) in [5.74, 6) is 0.841. The van der Waals surface area contributed by atoms with Crippen LogP contribution in [0.15, 0.2) is 4.79 Å². The number of nitrogens with one attached hydrogen (secondary N) is 1. The van der Waals surface area contributed by atoms with E-state index in [1.807, 2.05) is 0 Å². The Morgan fingerprint density at radius 1 is 1.33 bits per heavy atom. The summed E-state index contributed by atoms with van der Waals surface area (Å²) < 4.78 is 0. The third-order valence-corrected chi connectivity index (χ3v) is 2.69. The second-order valence-electron chi connectivity index (χ2n) is 5.53. The summed E-state index contributed by atoms with van der Waals surface area (Å²) in [6, 6.07) is 0. The Kier molecular flexibility index (Phi) is 2.41. The fraction of sp³-hybridized carbons (Fsp3) is 0.667. The lowest BCUT2D eigenvalue weighted by Crippen LogP contribution is -2.20. The van der Waals surface area contributed by atoms with E-state index in [-0.39, 0.29) is 11.0 Å². The minimum Gasteiger partial charge on any atom is -0.310 e. The van der Waals surface area contributed by atoms with Crippen LogP contribution in [0.3, 0.4) is 0 Å². The van der Waals surface area contributed by atoms with Crippen LogP contribution >= 0.6 is 0 Å². The Bertz CT molecular complexity index is 426. The van der Waals surface area contributed by atoms with Crippen molar-refractivity contribution in [1.29, 1.82) is 0 Å². The quantitative estimate of drug-likeness (QED) is 0.762. The van der Waals surface area contributed by atoms with Crippen LogP contribution in [-0.4, -0.2) is 9.97 Å². The van der Waals surface area contributed by atoms with Crippen molar-refractivity contribution < 1.29 is 0 Å². The van der Waals surface area contributed by atoms with Crippen LogP contribution < -0.4 is 5.56 Å². The summed E-state index contributed by atoms with van der Waals surface area (Å²) in [5, 5.41) is 0. The van der Waals surface area contributed by atoms with E-state index >= 15 is 0 Å². The zero-order valence-corrected chi connectivity index (χ0v) is 9.68. The number of aromatic nitrogens is 2. The summed E-state index contributed by atoms with van der Waals surface area (Å²) in [5.41, 5.74) is 2.19. The van der Waals surface area contributed by atoms with Gasteiger partial charge in [0, 0.05) is 12.0 Å². The Morgan fingerprint density at radius 3 is 2.73 bits per heavy atom. The molecule has 1 aliphatic rings. The summed E-state index contributed by atoms with van der Waals surface area (Å²) in [6.45, 7) is 6.46. The molecule has 1 aromatic rings. The molecule has 0 atom stereocenters. The summed E-state index contributed by atoms with van der Waals surface area (Å²) in [6.07, 6.45) is 3.77. The fourth-order valence-electron chi connectivity index (χ4n) is 2.08. The number of H-pyrrole nitrogens is 1. The summed E-state index contributed by atoms with van der Waals surface area (Å²) in [4.78, 5) is 19.2. The number of aromatic amines is 1. The topological polar surface area (TPSA) is 45.8 Å². The first-order valence-electron chi connectivity index (χ1n) is 5.57. The highest BCUT2D eigenvalue weighted by Gasteiger charge is 2.19. The monoisotopic (exact) mass is 206 g/mol. The Hall–Kier alpha value is -1.12. The first-order valence-corrected chi connectivity index (χ1v) is 5.57. The van der Waals surface area contributed by atoms with E-state index in [9.17, 15) is 4.79 Å². The normalized spacial score (nSPS) is 15.4. The second kappa shape index (κ2) is 3.47. The van der Waals surface area contributed by atoms with Gasteiger partial charge in [-0.25, -0.2) is 4.98 Å². The molecule has 0 unspecified atom stereocenters. The van der Waals surface area contributed by atoms with Crippen molar-refractivity contribution in [2.75, 3.05) is 0 Å². The van der Waals surface area contributed by atoms with Gasteiger partial charge in [-0.2, -0.15) is 0 Å². The molecule has 3 nitrogen and oxygen atoms in total. The van der Waals surface area contributed by atoms with Crippen molar-refractivity contribution in [3.05, 3.63) is 27.4 Å². The van der Waals surface area contributed by atoms with Crippen molar-refractivity contribution in [3.8, 4) is 0 Å². The van der Waals surface area contributed by atoms with Crippen molar-refractivity contribution in [2.24, 2.45) is 5.41 Å². The average Bonchev–Trinajstić information content (AvgIpc) is 2.48. The van der Waals surface area contributed by atoms with Gasteiger partial charge in [-0.3, -0.25) is 4.79 Å². The largest absolute Gasteiger partial charge is 0.310 e. The third-order valence-electron chi connectivity index (χ3n) is 2.69. The number of fused-ring (bicyclic) bond motifs is 1. The molecule has 1 heterocycles. The molecule has 3 heteroatoms. The Morgan fingerprint density at radius 2 is 2.07 bits per heavy atom. The molecule has 0 aliphatic heterocycles. The minimum atomic E-state index is 0.0803. The highest BCUT2D eigenvalue weighted by Crippen LogP contribution is 2.20. The van der Waals surface area contributed by atoms with Gasteiger partial charge < -0.3 is 4.98 Å². The second-order valence-corrected chi connectivity index (χ2v) is 5.53. The van der Waals surface area contributed by atoms with Crippen LogP contribution in [0.1, 0.15) is 44.3 Å². The molecular formula is C12H18N2O. The molecule has 0 amide bonds. The predicted octanol–water partition coefficient (Wildman–Crippen LogP) is 1.85. The fourth-order valence-corrected chi connectivity index (χ4v) is 2.08. The van der Waals surface area contributed by atoms with Gasteiger partial charge in [0.2, 0.25) is 0 Å². The van der Waals surface area contributed by atoms with Crippen LogP contribution in [0.2, 0.25) is 0 Å². The number of hydrogen-bond acceptors (Lipinski definition) is 2. The van der Waals surface area contributed by atoms with Gasteiger partial charge in [0.05, 0.1) is 5.69 Å². The molecule has 0 bridgehead atoms. The van der Waals surface area contributed by atoms with Crippen LogP contribution in [0.25, 0.3) is 0 Å². The molecule has 2 rings (SSSR count). The molecule has 0 radical (unpaired) electrons. The van der Waals surface area contributed by atoms with Gasteiger partial charge in [-0.05, 0) is 24.7 Å². The van der Waals surface area contributed by atoms with E-state index in [2.05, 4.69) is 30.7 Å². The van der Waals surface area contributed by atoms with E-state index in [0.717, 1.165) is 42.8 Å². The molecule has 1 aromatic heterocycles. The number of hydrogen-bond donors (Lipinski definition) is 1. The van der Waals surface area contributed by atoms with Crippen LogP contribution in [0.4, 0.5) is 0 Å². The van der Waals surface area contributed by atoms with Gasteiger partial charge in [-0.15, -0.1) is 0 Å². The van der Waals surface area contributed by atoms with E-state index < -0.39 is 0 Å². The highest BCUT2D eigenvalue weighted by atomic mass is 16.1. The van der Waals surface area contributed by atoms with Crippen molar-refractivity contribution in [3.63, 3.8) is 0 Å². The molecule has 0 saturated carbocycles. The SMILES string of the molecule is CC(C)(C)Cc1nc2c(c(=O)[nH]1)CCC2. The third kappa shape index (κ3) is 2.28. The highest BCUT2D eigenvalue weighted by molar-refractivity contribution is 5.22. The lowest BCUT2D eigenvalue weighted by molar-refractivity contribution is 0.399. The number of nitrogens with zero attached hydrogens (tertiary/aromatic N) is 1. The standard InChI is InChI=1S/C12H18N2O/c1-12(2,3)7-10-13-9-6-4-5-8(9)11(15)14-10/h4-7H2,1-3H3,(H,13,14,15). The molecule has 82 valence electrons. The minimum absolute atomic E-state index is 0.0803. The van der Waals surface area contributed by atoms with Gasteiger partial charge in [-0.1, -0.05) is 20.8 Å². The van der Waals surface area contributed by atoms with E-state index in [0.29, 0.717) is 0 Å². The lowest BCUT2D eigenvalue weighted by atomic mass is 9.92. The molecule has 15 heavy (non-hydrogen) atoms. The van der Waals surface area contributed by atoms with E-state index in [4.69, 9.17) is 0 Å². The Balaban J connectivity index is 2.36. The van der Waals surface area contributed by atoms with Crippen LogP contribution in [0.5, 0.6) is 0 Å². The maximum absolute atomic E-state index is 11.7. The van der Waals surface area contributed by atoms with Gasteiger partial charge in [0.1, 0.15) is 5.82 Å². The zero-order valence-electron chi connectivity index (χ0n) is 9.68. The number of aryl methyl sites for hydroxylation is 1. The maximum Gasteiger partial charge on any atom is 0.254 e. The molecule has 0 spiro atoms. The Labute approximate surface area is 89.9 Å². The molecule has 1 aliphatic carbocycles. The summed E-state index contributed by atoms with van der Waals surface area (Å²) >= 11 is 0. The molecule has 0 saturated heterocycles. The maximum atomic E-state index is 11.7. The van der Waals surface area contributed by atoms with Crippen LogP contribution in [0, 0.1) is 5.41 Å². The molecule has 1 N–H and O–H groups in total. The van der Waals surface area contributed by atoms with Crippen molar-refractivity contribution in [2.45, 2.75) is 46.5 Å². The van der Waals surface area contributed by atoms with Crippen LogP contribution in [-0.2, 0) is 19.3 Å². The smallest absolute Gasteiger partial charge is 0.254 e. The molecular weight excluding hydrogens is 188 g/mol. The zero-order chi connectivity index (χ0) is 11.1. The first kappa shape index (κ1) is 10.4. The van der Waals surface area contributed by atoms with Gasteiger partial charge in [0.25, 0.3) is 5.56 Å². The predicted molar refractivity (Wildman–Crippen MR) is 60.0 cm³/mol. The van der Waals surface area contributed by atoms with E-state index in [1.54, 1.807) is 0 Å². The summed E-state index contributed by atoms with van der Waals surface area (Å²) in [7, 11) is 0. The average molecular weight is 206 g/mol. The molecule has 0 fully saturated rings. The van der Waals surface area contributed by atoms with Crippen molar-refractivity contribution in [1.82, 2.24) is 9.97 Å². The van der Waals surface area contributed by atoms with Gasteiger partial charge in [0.15, 0.2) is 0 Å².